The van der Waals surface area contributed by atoms with Gasteiger partial charge in [0.25, 0.3) is 0 Å². The van der Waals surface area contributed by atoms with Crippen molar-refractivity contribution in [2.24, 2.45) is 0 Å². The molecule has 0 aromatic heterocycles. The third kappa shape index (κ3) is 5.33. The Hall–Kier alpha value is -2.38. The highest BCUT2D eigenvalue weighted by atomic mass is 32.2. The smallest absolute Gasteiger partial charge is 0.243 e. The average molecular weight is 405 g/mol. The molecule has 0 heterocycles. The van der Waals surface area contributed by atoms with Crippen LogP contribution in [0.1, 0.15) is 31.4 Å². The molecule has 7 heteroatoms. The molecule has 0 bridgehead atoms. The lowest BCUT2D eigenvalue weighted by Gasteiger charge is -2.18. The van der Waals surface area contributed by atoms with Crippen LogP contribution in [0.25, 0.3) is 0 Å². The largest absolute Gasteiger partial charge is 0.496 e. The van der Waals surface area contributed by atoms with Gasteiger partial charge in [0.1, 0.15) is 5.75 Å². The summed E-state index contributed by atoms with van der Waals surface area (Å²) in [5.41, 5.74) is 2.67. The summed E-state index contributed by atoms with van der Waals surface area (Å²) in [5, 5.41) is 2.81. The van der Waals surface area contributed by atoms with Crippen LogP contribution in [0.3, 0.4) is 0 Å². The van der Waals surface area contributed by atoms with Gasteiger partial charge in [0.15, 0.2) is 0 Å². The number of anilines is 1. The zero-order valence-electron chi connectivity index (χ0n) is 16.9. The van der Waals surface area contributed by atoms with Gasteiger partial charge >= 0.3 is 0 Å². The third-order valence-corrected chi connectivity index (χ3v) is 6.65. The Balaban J connectivity index is 1.96. The van der Waals surface area contributed by atoms with Gasteiger partial charge in [-0.1, -0.05) is 26.0 Å². The van der Waals surface area contributed by atoms with Crippen molar-refractivity contribution >= 4 is 21.6 Å². The zero-order chi connectivity index (χ0) is 20.7. The first-order valence-electron chi connectivity index (χ1n) is 9.35. The molecule has 2 rings (SSSR count). The monoisotopic (exact) mass is 404 g/mol. The van der Waals surface area contributed by atoms with Gasteiger partial charge in [0.05, 0.1) is 12.0 Å². The molecule has 0 aliphatic heterocycles. The van der Waals surface area contributed by atoms with Crippen molar-refractivity contribution in [1.82, 2.24) is 4.31 Å². The first-order valence-corrected chi connectivity index (χ1v) is 10.8. The number of aryl methyl sites for hydroxylation is 2. The molecule has 6 nitrogen and oxygen atoms in total. The molecule has 1 amide bonds. The van der Waals surface area contributed by atoms with Gasteiger partial charge in [-0.2, -0.15) is 4.31 Å². The lowest BCUT2D eigenvalue weighted by Crippen LogP contribution is -2.30. The summed E-state index contributed by atoms with van der Waals surface area (Å²) < 4.78 is 31.6. The minimum Gasteiger partial charge on any atom is -0.496 e. The van der Waals surface area contributed by atoms with Crippen LogP contribution in [0.4, 0.5) is 5.69 Å². The van der Waals surface area contributed by atoms with E-state index in [1.807, 2.05) is 25.1 Å². The second kappa shape index (κ2) is 9.71. The number of ether oxygens (including phenoxy) is 1. The molecule has 28 heavy (non-hydrogen) atoms. The predicted molar refractivity (Wildman–Crippen MR) is 111 cm³/mol. The van der Waals surface area contributed by atoms with Gasteiger partial charge in [-0.25, -0.2) is 8.42 Å². The molecule has 152 valence electrons. The summed E-state index contributed by atoms with van der Waals surface area (Å²) in [6.07, 6.45) is 0.955. The van der Waals surface area contributed by atoms with Crippen molar-refractivity contribution in [3.8, 4) is 5.75 Å². The Labute approximate surface area is 167 Å². The van der Waals surface area contributed by atoms with E-state index < -0.39 is 10.0 Å². The molecule has 2 aromatic rings. The number of amides is 1. The number of hydrogen-bond acceptors (Lipinski definition) is 4. The maximum Gasteiger partial charge on any atom is 0.243 e. The molecule has 0 unspecified atom stereocenters. The van der Waals surface area contributed by atoms with E-state index in [1.54, 1.807) is 33.1 Å². The van der Waals surface area contributed by atoms with Crippen LogP contribution in [-0.4, -0.2) is 38.8 Å². The fourth-order valence-electron chi connectivity index (χ4n) is 3.00. The van der Waals surface area contributed by atoms with Crippen LogP contribution in [0.15, 0.2) is 47.4 Å². The molecule has 1 N–H and O–H groups in total. The molecule has 2 aromatic carbocycles. The SMILES string of the molecule is CCN(CC)S(=O)(=O)c1ccc(NC(=O)CCc2ccc(OC)c(C)c2)cc1. The second-order valence-corrected chi connectivity index (χ2v) is 8.40. The summed E-state index contributed by atoms with van der Waals surface area (Å²) in [4.78, 5) is 12.4. The van der Waals surface area contributed by atoms with Gasteiger partial charge < -0.3 is 10.1 Å². The normalized spacial score (nSPS) is 11.5. The Kier molecular flexibility index (Phi) is 7.60. The first-order chi connectivity index (χ1) is 13.3. The first kappa shape index (κ1) is 21.9. The number of rotatable bonds is 9. The number of carbonyl (C=O) groups excluding carboxylic acids is 1. The number of nitrogens with one attached hydrogen (secondary N) is 1. The van der Waals surface area contributed by atoms with Crippen molar-refractivity contribution in [3.63, 3.8) is 0 Å². The Morgan fingerprint density at radius 2 is 1.71 bits per heavy atom. The van der Waals surface area contributed by atoms with Gasteiger partial charge in [0, 0.05) is 25.2 Å². The Bertz CT molecular complexity index is 905. The molecule has 0 aliphatic rings. The summed E-state index contributed by atoms with van der Waals surface area (Å²) in [7, 11) is -1.86. The average Bonchev–Trinajstić information content (AvgIpc) is 2.67. The molecule has 0 fully saturated rings. The van der Waals surface area contributed by atoms with Crippen LogP contribution in [-0.2, 0) is 21.2 Å². The Morgan fingerprint density at radius 1 is 1.07 bits per heavy atom. The fourth-order valence-corrected chi connectivity index (χ4v) is 4.46. The van der Waals surface area contributed by atoms with Crippen molar-refractivity contribution in [1.29, 1.82) is 0 Å². The van der Waals surface area contributed by atoms with E-state index in [4.69, 9.17) is 4.74 Å². The molecular weight excluding hydrogens is 376 g/mol. The fraction of sp³-hybridized carbons (Fsp3) is 0.381. The lowest BCUT2D eigenvalue weighted by molar-refractivity contribution is -0.116. The molecule has 0 aliphatic carbocycles. The summed E-state index contributed by atoms with van der Waals surface area (Å²) in [5.74, 6) is 0.709. The highest BCUT2D eigenvalue weighted by Crippen LogP contribution is 2.20. The highest BCUT2D eigenvalue weighted by Gasteiger charge is 2.21. The predicted octanol–water partition coefficient (Wildman–Crippen LogP) is 3.61. The van der Waals surface area contributed by atoms with E-state index in [-0.39, 0.29) is 10.8 Å². The molecular formula is C21H28N2O4S. The standard InChI is InChI=1S/C21H28N2O4S/c1-5-23(6-2)28(25,26)19-11-9-18(10-12-19)22-21(24)14-8-17-7-13-20(27-4)16(3)15-17/h7,9-13,15H,5-6,8,14H2,1-4H3,(H,22,24). The summed E-state index contributed by atoms with van der Waals surface area (Å²) in [6, 6.07) is 12.1. The van der Waals surface area contributed by atoms with E-state index in [1.165, 1.54) is 16.4 Å². The van der Waals surface area contributed by atoms with Gasteiger partial charge in [-0.05, 0) is 54.8 Å². The molecule has 0 saturated carbocycles. The molecule has 0 spiro atoms. The van der Waals surface area contributed by atoms with Crippen molar-refractivity contribution in [2.75, 3.05) is 25.5 Å². The van der Waals surface area contributed by atoms with Crippen molar-refractivity contribution in [3.05, 3.63) is 53.6 Å². The molecule has 0 saturated heterocycles. The Morgan fingerprint density at radius 3 is 2.25 bits per heavy atom. The number of benzene rings is 2. The van der Waals surface area contributed by atoms with E-state index in [0.29, 0.717) is 31.6 Å². The minimum absolute atomic E-state index is 0.118. The number of sulfonamides is 1. The molecule has 0 atom stereocenters. The number of hydrogen-bond donors (Lipinski definition) is 1. The van der Waals surface area contributed by atoms with E-state index in [0.717, 1.165) is 16.9 Å². The quantitative estimate of drug-likeness (QED) is 0.693. The maximum atomic E-state index is 12.5. The second-order valence-electron chi connectivity index (χ2n) is 6.47. The number of methoxy groups -OCH3 is 1. The van der Waals surface area contributed by atoms with E-state index in [2.05, 4.69) is 5.32 Å². The number of carbonyl (C=O) groups is 1. The summed E-state index contributed by atoms with van der Waals surface area (Å²) in [6.45, 7) is 6.42. The molecule has 0 radical (unpaired) electrons. The van der Waals surface area contributed by atoms with Crippen LogP contribution in [0, 0.1) is 6.92 Å². The van der Waals surface area contributed by atoms with E-state index >= 15 is 0 Å². The van der Waals surface area contributed by atoms with Crippen LogP contribution < -0.4 is 10.1 Å². The van der Waals surface area contributed by atoms with E-state index in [9.17, 15) is 13.2 Å². The van der Waals surface area contributed by atoms with Gasteiger partial charge in [-0.3, -0.25) is 4.79 Å². The number of nitrogens with zero attached hydrogens (tertiary/aromatic N) is 1. The van der Waals surface area contributed by atoms with Gasteiger partial charge in [0.2, 0.25) is 15.9 Å². The topological polar surface area (TPSA) is 75.7 Å². The van der Waals surface area contributed by atoms with Crippen LogP contribution in [0.5, 0.6) is 5.75 Å². The maximum absolute atomic E-state index is 12.5. The zero-order valence-corrected chi connectivity index (χ0v) is 17.7. The highest BCUT2D eigenvalue weighted by molar-refractivity contribution is 7.89. The van der Waals surface area contributed by atoms with Crippen molar-refractivity contribution < 1.29 is 17.9 Å². The minimum atomic E-state index is -3.49. The summed E-state index contributed by atoms with van der Waals surface area (Å²) >= 11 is 0. The van der Waals surface area contributed by atoms with Crippen LogP contribution in [0.2, 0.25) is 0 Å². The third-order valence-electron chi connectivity index (χ3n) is 4.58. The van der Waals surface area contributed by atoms with Crippen LogP contribution >= 0.6 is 0 Å². The van der Waals surface area contributed by atoms with Gasteiger partial charge in [-0.15, -0.1) is 0 Å². The lowest BCUT2D eigenvalue weighted by atomic mass is 10.1. The van der Waals surface area contributed by atoms with Crippen molar-refractivity contribution in [2.45, 2.75) is 38.5 Å².